The van der Waals surface area contributed by atoms with Crippen molar-refractivity contribution in [3.05, 3.63) is 27.8 Å². The van der Waals surface area contributed by atoms with Crippen LogP contribution in [0.2, 0.25) is 5.15 Å². The second-order valence-electron chi connectivity index (χ2n) is 5.28. The summed E-state index contributed by atoms with van der Waals surface area (Å²) >= 11 is 9.62. The van der Waals surface area contributed by atoms with E-state index in [0.29, 0.717) is 11.2 Å². The van der Waals surface area contributed by atoms with Gasteiger partial charge in [0.25, 0.3) is 0 Å². The van der Waals surface area contributed by atoms with Crippen molar-refractivity contribution in [2.24, 2.45) is 0 Å². The van der Waals surface area contributed by atoms with Crippen molar-refractivity contribution in [2.75, 3.05) is 25.5 Å². The molecular weight excluding hydrogens is 340 g/mol. The highest BCUT2D eigenvalue weighted by Gasteiger charge is 2.19. The van der Waals surface area contributed by atoms with Gasteiger partial charge in [-0.25, -0.2) is 0 Å². The van der Waals surface area contributed by atoms with E-state index in [4.69, 9.17) is 11.6 Å². The van der Waals surface area contributed by atoms with E-state index in [2.05, 4.69) is 43.4 Å². The van der Waals surface area contributed by atoms with Crippen molar-refractivity contribution < 1.29 is 0 Å². The Morgan fingerprint density at radius 3 is 3.00 bits per heavy atom. The maximum Gasteiger partial charge on any atom is 0.159 e. The van der Waals surface area contributed by atoms with E-state index in [1.807, 2.05) is 18.2 Å². The minimum atomic E-state index is 0.409. The Hall–Kier alpha value is -0.910. The van der Waals surface area contributed by atoms with Crippen molar-refractivity contribution >= 4 is 44.1 Å². The van der Waals surface area contributed by atoms with Gasteiger partial charge in [-0.2, -0.15) is 0 Å². The van der Waals surface area contributed by atoms with Crippen LogP contribution in [-0.2, 0) is 0 Å². The van der Waals surface area contributed by atoms with Gasteiger partial charge in [-0.15, -0.1) is 10.2 Å². The van der Waals surface area contributed by atoms with Gasteiger partial charge in [0.2, 0.25) is 0 Å². The number of aromatic nitrogens is 2. The maximum atomic E-state index is 6.12. The van der Waals surface area contributed by atoms with Crippen LogP contribution in [0, 0.1) is 0 Å². The summed E-state index contributed by atoms with van der Waals surface area (Å²) < 4.78 is 1.01. The van der Waals surface area contributed by atoms with Crippen molar-refractivity contribution in [1.82, 2.24) is 15.1 Å². The summed E-state index contributed by atoms with van der Waals surface area (Å²) in [5.74, 6) is 0.811. The van der Waals surface area contributed by atoms with Crippen LogP contribution < -0.4 is 5.32 Å². The van der Waals surface area contributed by atoms with E-state index in [-0.39, 0.29) is 0 Å². The zero-order valence-electron chi connectivity index (χ0n) is 11.2. The molecule has 3 rings (SSSR count). The monoisotopic (exact) mass is 354 g/mol. The van der Waals surface area contributed by atoms with Crippen molar-refractivity contribution in [3.63, 3.8) is 0 Å². The van der Waals surface area contributed by atoms with Crippen molar-refractivity contribution in [1.29, 1.82) is 0 Å². The predicted octanol–water partition coefficient (Wildman–Crippen LogP) is 3.55. The molecule has 4 nitrogen and oxygen atoms in total. The number of likely N-dealkylation sites (N-methyl/N-ethyl adjacent to an activating group) is 1. The van der Waals surface area contributed by atoms with Crippen LogP contribution in [0.5, 0.6) is 0 Å². The summed E-state index contributed by atoms with van der Waals surface area (Å²) in [5, 5.41) is 14.2. The molecule has 1 fully saturated rings. The third-order valence-corrected chi connectivity index (χ3v) is 4.43. The van der Waals surface area contributed by atoms with Gasteiger partial charge in [0.15, 0.2) is 11.0 Å². The standard InChI is InChI=1S/C14H16BrClN4/c1-20-6-2-3-10(8-20)17-14-12-7-9(15)4-5-11(12)13(16)18-19-14/h4-5,7,10H,2-3,6,8H2,1H3,(H,17,19). The molecule has 2 aromatic rings. The second kappa shape index (κ2) is 5.84. The molecule has 0 aliphatic carbocycles. The molecule has 1 unspecified atom stereocenters. The fourth-order valence-corrected chi connectivity index (χ4v) is 3.24. The van der Waals surface area contributed by atoms with Gasteiger partial charge in [0.05, 0.1) is 0 Å². The Bertz CT molecular complexity index is 634. The smallest absolute Gasteiger partial charge is 0.159 e. The SMILES string of the molecule is CN1CCCC(Nc2nnc(Cl)c3ccc(Br)cc23)C1. The number of fused-ring (bicyclic) bond motifs is 1. The van der Waals surface area contributed by atoms with Gasteiger partial charge in [0.1, 0.15) is 0 Å². The molecule has 0 saturated carbocycles. The maximum absolute atomic E-state index is 6.12. The lowest BCUT2D eigenvalue weighted by atomic mass is 10.1. The first-order chi connectivity index (χ1) is 9.63. The van der Waals surface area contributed by atoms with Crippen LogP contribution in [0.25, 0.3) is 10.8 Å². The number of hydrogen-bond acceptors (Lipinski definition) is 4. The molecule has 1 aliphatic rings. The molecule has 20 heavy (non-hydrogen) atoms. The summed E-state index contributed by atoms with van der Waals surface area (Å²) in [6, 6.07) is 6.37. The lowest BCUT2D eigenvalue weighted by molar-refractivity contribution is 0.261. The third-order valence-electron chi connectivity index (χ3n) is 3.66. The Balaban J connectivity index is 1.95. The highest BCUT2D eigenvalue weighted by atomic mass is 79.9. The molecule has 0 amide bonds. The van der Waals surface area contributed by atoms with E-state index in [1.165, 1.54) is 6.42 Å². The first-order valence-corrected chi connectivity index (χ1v) is 7.87. The zero-order chi connectivity index (χ0) is 14.1. The summed E-state index contributed by atoms with van der Waals surface area (Å²) in [7, 11) is 2.15. The normalized spacial score (nSPS) is 20.2. The number of anilines is 1. The average molecular weight is 356 g/mol. The number of benzene rings is 1. The molecule has 106 valence electrons. The molecule has 0 radical (unpaired) electrons. The average Bonchev–Trinajstić information content (AvgIpc) is 2.42. The topological polar surface area (TPSA) is 41.0 Å². The van der Waals surface area contributed by atoms with Crippen LogP contribution in [0.3, 0.4) is 0 Å². The highest BCUT2D eigenvalue weighted by Crippen LogP contribution is 2.29. The van der Waals surface area contributed by atoms with Crippen molar-refractivity contribution in [3.8, 4) is 0 Å². The lowest BCUT2D eigenvalue weighted by Gasteiger charge is -2.30. The highest BCUT2D eigenvalue weighted by molar-refractivity contribution is 9.10. The second-order valence-corrected chi connectivity index (χ2v) is 6.55. The number of likely N-dealkylation sites (tertiary alicyclic amines) is 1. The van der Waals surface area contributed by atoms with Gasteiger partial charge in [-0.3, -0.25) is 0 Å². The summed E-state index contributed by atoms with van der Waals surface area (Å²) in [6.07, 6.45) is 2.36. The quantitative estimate of drug-likeness (QED) is 0.894. The Kier molecular flexibility index (Phi) is 4.10. The molecule has 1 saturated heterocycles. The summed E-state index contributed by atoms with van der Waals surface area (Å²) in [5.41, 5.74) is 0. The zero-order valence-corrected chi connectivity index (χ0v) is 13.6. The molecule has 6 heteroatoms. The molecule has 1 atom stereocenters. The largest absolute Gasteiger partial charge is 0.364 e. The van der Waals surface area contributed by atoms with Gasteiger partial charge in [0, 0.05) is 27.8 Å². The fraction of sp³-hybridized carbons (Fsp3) is 0.429. The molecule has 2 heterocycles. The van der Waals surface area contributed by atoms with Crippen LogP contribution >= 0.6 is 27.5 Å². The Morgan fingerprint density at radius 2 is 2.20 bits per heavy atom. The summed E-state index contributed by atoms with van der Waals surface area (Å²) in [4.78, 5) is 2.34. The summed E-state index contributed by atoms with van der Waals surface area (Å²) in [6.45, 7) is 2.19. The first-order valence-electron chi connectivity index (χ1n) is 6.70. The molecule has 0 bridgehead atoms. The number of nitrogens with one attached hydrogen (secondary N) is 1. The Labute approximate surface area is 131 Å². The van der Waals surface area contributed by atoms with Gasteiger partial charge < -0.3 is 10.2 Å². The first kappa shape index (κ1) is 14.0. The van der Waals surface area contributed by atoms with Gasteiger partial charge >= 0.3 is 0 Å². The number of piperidine rings is 1. The number of nitrogens with zero attached hydrogens (tertiary/aromatic N) is 3. The van der Waals surface area contributed by atoms with Crippen LogP contribution in [0.4, 0.5) is 5.82 Å². The minimum absolute atomic E-state index is 0.409. The van der Waals surface area contributed by atoms with Crippen LogP contribution in [-0.4, -0.2) is 41.3 Å². The molecule has 0 spiro atoms. The number of halogens is 2. The predicted molar refractivity (Wildman–Crippen MR) is 86.4 cm³/mol. The van der Waals surface area contributed by atoms with E-state index in [1.54, 1.807) is 0 Å². The number of rotatable bonds is 2. The minimum Gasteiger partial charge on any atom is -0.364 e. The molecule has 1 aromatic carbocycles. The van der Waals surface area contributed by atoms with E-state index < -0.39 is 0 Å². The lowest BCUT2D eigenvalue weighted by Crippen LogP contribution is -2.40. The van der Waals surface area contributed by atoms with Gasteiger partial charge in [-0.1, -0.05) is 27.5 Å². The molecule has 1 aliphatic heterocycles. The van der Waals surface area contributed by atoms with Gasteiger partial charge in [-0.05, 0) is 44.6 Å². The van der Waals surface area contributed by atoms with Crippen LogP contribution in [0.1, 0.15) is 12.8 Å². The number of hydrogen-bond donors (Lipinski definition) is 1. The third kappa shape index (κ3) is 2.90. The Morgan fingerprint density at radius 1 is 1.35 bits per heavy atom. The molecule has 1 N–H and O–H groups in total. The van der Waals surface area contributed by atoms with E-state index >= 15 is 0 Å². The van der Waals surface area contributed by atoms with E-state index in [0.717, 1.165) is 40.6 Å². The van der Waals surface area contributed by atoms with Crippen LogP contribution in [0.15, 0.2) is 22.7 Å². The van der Waals surface area contributed by atoms with E-state index in [9.17, 15) is 0 Å². The molecular formula is C14H16BrClN4. The van der Waals surface area contributed by atoms with Crippen molar-refractivity contribution in [2.45, 2.75) is 18.9 Å². The molecule has 1 aromatic heterocycles. The fourth-order valence-electron chi connectivity index (χ4n) is 2.68.